The van der Waals surface area contributed by atoms with Crippen molar-refractivity contribution in [2.75, 3.05) is 5.32 Å². The first kappa shape index (κ1) is 19.2. The smallest absolute Gasteiger partial charge is 0.342 e. The molecule has 0 atom stereocenters. The predicted octanol–water partition coefficient (Wildman–Crippen LogP) is 3.97. The minimum atomic E-state index is -0.713. The molecule has 0 aliphatic carbocycles. The third-order valence-corrected chi connectivity index (χ3v) is 4.63. The van der Waals surface area contributed by atoms with E-state index in [0.29, 0.717) is 22.0 Å². The van der Waals surface area contributed by atoms with Crippen molar-refractivity contribution in [1.29, 1.82) is 0 Å². The van der Waals surface area contributed by atoms with Crippen LogP contribution in [0.5, 0.6) is 5.75 Å². The molecule has 7 nitrogen and oxygen atoms in total. The van der Waals surface area contributed by atoms with Crippen molar-refractivity contribution in [3.05, 3.63) is 82.2 Å². The van der Waals surface area contributed by atoms with Crippen molar-refractivity contribution >= 4 is 39.3 Å². The Morgan fingerprint density at radius 3 is 2.63 bits per heavy atom. The highest BCUT2D eigenvalue weighted by Gasteiger charge is 2.16. The van der Waals surface area contributed by atoms with Crippen LogP contribution in [0.3, 0.4) is 0 Å². The molecule has 0 aliphatic rings. The van der Waals surface area contributed by atoms with Gasteiger partial charge in [-0.2, -0.15) is 0 Å². The SMILES string of the molecule is CC(=O)Nc1ccc2c(COC(=O)c3ccc4ccccc4c3O)cc(=O)oc2c1. The Morgan fingerprint density at radius 2 is 1.83 bits per heavy atom. The largest absolute Gasteiger partial charge is 0.506 e. The van der Waals surface area contributed by atoms with Gasteiger partial charge in [-0.1, -0.05) is 30.3 Å². The fourth-order valence-corrected chi connectivity index (χ4v) is 3.27. The van der Waals surface area contributed by atoms with E-state index in [1.165, 1.54) is 25.1 Å². The average Bonchev–Trinajstić information content (AvgIpc) is 2.71. The summed E-state index contributed by atoms with van der Waals surface area (Å²) < 4.78 is 10.5. The van der Waals surface area contributed by atoms with Gasteiger partial charge in [0.25, 0.3) is 0 Å². The number of carbonyl (C=O) groups excluding carboxylic acids is 2. The van der Waals surface area contributed by atoms with E-state index in [9.17, 15) is 19.5 Å². The molecule has 3 aromatic carbocycles. The zero-order valence-electron chi connectivity index (χ0n) is 16.0. The minimum absolute atomic E-state index is 0.0360. The topological polar surface area (TPSA) is 106 Å². The molecule has 1 heterocycles. The van der Waals surface area contributed by atoms with E-state index in [0.717, 1.165) is 5.39 Å². The second kappa shape index (κ2) is 7.71. The molecule has 30 heavy (non-hydrogen) atoms. The van der Waals surface area contributed by atoms with Gasteiger partial charge in [-0.3, -0.25) is 4.79 Å². The van der Waals surface area contributed by atoms with E-state index in [2.05, 4.69) is 5.32 Å². The normalized spacial score (nSPS) is 10.8. The van der Waals surface area contributed by atoms with E-state index in [4.69, 9.17) is 9.15 Å². The van der Waals surface area contributed by atoms with Gasteiger partial charge in [0.05, 0.1) is 0 Å². The molecular weight excluding hydrogens is 386 g/mol. The number of hydrogen-bond donors (Lipinski definition) is 2. The van der Waals surface area contributed by atoms with Crippen LogP contribution in [0.2, 0.25) is 0 Å². The number of rotatable bonds is 4. The van der Waals surface area contributed by atoms with Crippen LogP contribution < -0.4 is 10.9 Å². The lowest BCUT2D eigenvalue weighted by Crippen LogP contribution is -2.09. The van der Waals surface area contributed by atoms with Gasteiger partial charge in [-0.15, -0.1) is 0 Å². The molecule has 0 saturated carbocycles. The van der Waals surface area contributed by atoms with Gasteiger partial charge in [0.15, 0.2) is 0 Å². The maximum absolute atomic E-state index is 12.5. The van der Waals surface area contributed by atoms with Crippen molar-refractivity contribution in [3.63, 3.8) is 0 Å². The van der Waals surface area contributed by atoms with Crippen molar-refractivity contribution in [2.45, 2.75) is 13.5 Å². The number of phenolic OH excluding ortho intramolecular Hbond substituents is 1. The third kappa shape index (κ3) is 3.73. The second-order valence-electron chi connectivity index (χ2n) is 6.74. The highest BCUT2D eigenvalue weighted by Crippen LogP contribution is 2.29. The number of hydrogen-bond acceptors (Lipinski definition) is 6. The maximum Gasteiger partial charge on any atom is 0.342 e. The molecular formula is C23H17NO6. The molecule has 150 valence electrons. The lowest BCUT2D eigenvalue weighted by atomic mass is 10.1. The van der Waals surface area contributed by atoms with E-state index >= 15 is 0 Å². The molecule has 1 amide bonds. The minimum Gasteiger partial charge on any atom is -0.506 e. The summed E-state index contributed by atoms with van der Waals surface area (Å²) in [4.78, 5) is 35.7. The highest BCUT2D eigenvalue weighted by molar-refractivity contribution is 6.01. The summed E-state index contributed by atoms with van der Waals surface area (Å²) in [6.45, 7) is 1.19. The first-order valence-corrected chi connectivity index (χ1v) is 9.14. The molecule has 0 bridgehead atoms. The summed E-state index contributed by atoms with van der Waals surface area (Å²) in [5.41, 5.74) is 0.613. The number of benzene rings is 3. The molecule has 0 unspecified atom stereocenters. The average molecular weight is 403 g/mol. The summed E-state index contributed by atoms with van der Waals surface area (Å²) >= 11 is 0. The number of nitrogens with one attached hydrogen (secondary N) is 1. The monoisotopic (exact) mass is 403 g/mol. The lowest BCUT2D eigenvalue weighted by Gasteiger charge is -2.10. The van der Waals surface area contributed by atoms with Crippen LogP contribution in [-0.2, 0) is 16.1 Å². The molecule has 1 aromatic heterocycles. The molecule has 4 rings (SSSR count). The Hall–Kier alpha value is -4.13. The third-order valence-electron chi connectivity index (χ3n) is 4.63. The Kier molecular flexibility index (Phi) is 4.93. The lowest BCUT2D eigenvalue weighted by molar-refractivity contribution is -0.114. The highest BCUT2D eigenvalue weighted by atomic mass is 16.5. The van der Waals surface area contributed by atoms with Crippen molar-refractivity contribution in [2.24, 2.45) is 0 Å². The zero-order chi connectivity index (χ0) is 21.3. The van der Waals surface area contributed by atoms with Crippen molar-refractivity contribution in [3.8, 4) is 5.75 Å². The van der Waals surface area contributed by atoms with Gasteiger partial charge in [-0.05, 0) is 23.6 Å². The van der Waals surface area contributed by atoms with Crippen LogP contribution in [0.15, 0.2) is 69.9 Å². The number of carbonyl (C=O) groups is 2. The van der Waals surface area contributed by atoms with Crippen LogP contribution >= 0.6 is 0 Å². The van der Waals surface area contributed by atoms with Crippen molar-refractivity contribution < 1.29 is 23.8 Å². The van der Waals surface area contributed by atoms with Crippen LogP contribution in [0.25, 0.3) is 21.7 Å². The number of ether oxygens (including phenoxy) is 1. The number of amides is 1. The van der Waals surface area contributed by atoms with Gasteiger partial charge in [0.1, 0.15) is 23.5 Å². The van der Waals surface area contributed by atoms with E-state index in [1.54, 1.807) is 30.3 Å². The number of fused-ring (bicyclic) bond motifs is 2. The van der Waals surface area contributed by atoms with Crippen LogP contribution in [0.1, 0.15) is 22.8 Å². The molecule has 7 heteroatoms. The Bertz CT molecular complexity index is 1360. The first-order valence-electron chi connectivity index (χ1n) is 9.14. The summed E-state index contributed by atoms with van der Waals surface area (Å²) in [5.74, 6) is -1.12. The van der Waals surface area contributed by atoms with Crippen LogP contribution in [0, 0.1) is 0 Å². The number of esters is 1. The summed E-state index contributed by atoms with van der Waals surface area (Å²) in [6.07, 6.45) is 0. The van der Waals surface area contributed by atoms with Gasteiger partial charge < -0.3 is 19.6 Å². The van der Waals surface area contributed by atoms with Gasteiger partial charge in [-0.25, -0.2) is 9.59 Å². The molecule has 4 aromatic rings. The van der Waals surface area contributed by atoms with E-state index in [-0.39, 0.29) is 29.4 Å². The molecule has 0 fully saturated rings. The Morgan fingerprint density at radius 1 is 1.03 bits per heavy atom. The van der Waals surface area contributed by atoms with Crippen molar-refractivity contribution in [1.82, 2.24) is 0 Å². The molecule has 0 aliphatic heterocycles. The molecule has 0 spiro atoms. The molecule has 2 N–H and O–H groups in total. The number of anilines is 1. The summed E-state index contributed by atoms with van der Waals surface area (Å²) in [5, 5.41) is 15.0. The summed E-state index contributed by atoms with van der Waals surface area (Å²) in [6, 6.07) is 16.5. The molecule has 0 radical (unpaired) electrons. The van der Waals surface area contributed by atoms with Gasteiger partial charge in [0, 0.05) is 41.1 Å². The van der Waals surface area contributed by atoms with Crippen LogP contribution in [0.4, 0.5) is 5.69 Å². The predicted molar refractivity (Wildman–Crippen MR) is 112 cm³/mol. The van der Waals surface area contributed by atoms with Gasteiger partial charge in [0.2, 0.25) is 5.91 Å². The zero-order valence-corrected chi connectivity index (χ0v) is 16.0. The fourth-order valence-electron chi connectivity index (χ4n) is 3.27. The van der Waals surface area contributed by atoms with Crippen LogP contribution in [-0.4, -0.2) is 17.0 Å². The van der Waals surface area contributed by atoms with E-state index in [1.807, 2.05) is 12.1 Å². The number of phenols is 1. The quantitative estimate of drug-likeness (QED) is 0.395. The van der Waals surface area contributed by atoms with Gasteiger partial charge >= 0.3 is 11.6 Å². The standard InChI is InChI=1S/C23H17NO6/c1-13(25)24-16-7-9-17-15(10-21(26)30-20(17)11-16)12-29-23(28)19-8-6-14-4-2-3-5-18(14)22(19)27/h2-11,27H,12H2,1H3,(H,24,25). The molecule has 0 saturated heterocycles. The first-order chi connectivity index (χ1) is 14.4. The Balaban J connectivity index is 1.62. The second-order valence-corrected chi connectivity index (χ2v) is 6.74. The summed E-state index contributed by atoms with van der Waals surface area (Å²) in [7, 11) is 0. The fraction of sp³-hybridized carbons (Fsp3) is 0.0870. The number of aromatic hydroxyl groups is 1. The van der Waals surface area contributed by atoms with E-state index < -0.39 is 11.6 Å². The Labute approximate surface area is 170 Å². The maximum atomic E-state index is 12.5.